The molecule has 2 amide bonds. The minimum absolute atomic E-state index is 0.0168. The zero-order valence-electron chi connectivity index (χ0n) is 16.5. The molecule has 5 nitrogen and oxygen atoms in total. The van der Waals surface area contributed by atoms with Crippen LogP contribution in [-0.4, -0.2) is 18.4 Å². The van der Waals surface area contributed by atoms with Gasteiger partial charge in [0.05, 0.1) is 24.2 Å². The zero-order chi connectivity index (χ0) is 19.7. The minimum atomic E-state index is -0.185. The van der Waals surface area contributed by atoms with Crippen molar-refractivity contribution in [1.82, 2.24) is 10.6 Å². The van der Waals surface area contributed by atoms with Crippen LogP contribution in [0.5, 0.6) is 0 Å². The van der Waals surface area contributed by atoms with Crippen LogP contribution in [-0.2, 0) is 9.59 Å². The Balaban J connectivity index is 1.24. The van der Waals surface area contributed by atoms with Gasteiger partial charge in [-0.3, -0.25) is 9.59 Å². The standard InChI is InChI=1S/C23H29N3O2/c1-15(20-4-2-16(13-24)3-5-20)26-22(28)14-25-21(27)12-23-9-17-6-18(10-23)8-19(7-17)11-23/h2-5,15,17-19H,6-12,14H2,1H3,(H,25,27)(H,26,28). The van der Waals surface area contributed by atoms with E-state index in [1.165, 1.54) is 38.5 Å². The van der Waals surface area contributed by atoms with E-state index in [1.807, 2.05) is 19.1 Å². The van der Waals surface area contributed by atoms with Crippen molar-refractivity contribution in [1.29, 1.82) is 5.26 Å². The second kappa shape index (κ2) is 7.58. The van der Waals surface area contributed by atoms with Crippen LogP contribution in [0.2, 0.25) is 0 Å². The number of hydrogen-bond acceptors (Lipinski definition) is 3. The Morgan fingerprint density at radius 1 is 1.07 bits per heavy atom. The van der Waals surface area contributed by atoms with Crippen LogP contribution in [0.1, 0.15) is 69.0 Å². The van der Waals surface area contributed by atoms with Gasteiger partial charge in [0.2, 0.25) is 11.8 Å². The lowest BCUT2D eigenvalue weighted by Gasteiger charge is -2.56. The summed E-state index contributed by atoms with van der Waals surface area (Å²) in [5, 5.41) is 14.6. The van der Waals surface area contributed by atoms with Crippen LogP contribution in [0.15, 0.2) is 24.3 Å². The molecule has 4 bridgehead atoms. The van der Waals surface area contributed by atoms with Gasteiger partial charge in [-0.1, -0.05) is 12.1 Å². The fourth-order valence-corrected chi connectivity index (χ4v) is 6.31. The quantitative estimate of drug-likeness (QED) is 0.794. The van der Waals surface area contributed by atoms with Crippen LogP contribution >= 0.6 is 0 Å². The highest BCUT2D eigenvalue weighted by Crippen LogP contribution is 2.61. The third kappa shape index (κ3) is 4.06. The topological polar surface area (TPSA) is 82.0 Å². The molecule has 0 saturated heterocycles. The van der Waals surface area contributed by atoms with Crippen molar-refractivity contribution in [3.8, 4) is 6.07 Å². The molecule has 148 valence electrons. The maximum Gasteiger partial charge on any atom is 0.239 e. The number of rotatable bonds is 6. The zero-order valence-corrected chi connectivity index (χ0v) is 16.5. The van der Waals surface area contributed by atoms with Crippen molar-refractivity contribution in [2.45, 2.75) is 57.9 Å². The summed E-state index contributed by atoms with van der Waals surface area (Å²) < 4.78 is 0. The normalized spacial score (nSPS) is 31.1. The number of carbonyl (C=O) groups is 2. The van der Waals surface area contributed by atoms with Crippen LogP contribution in [0, 0.1) is 34.5 Å². The molecular weight excluding hydrogens is 350 g/mol. The molecule has 1 aromatic rings. The molecule has 4 fully saturated rings. The number of nitrogens with zero attached hydrogens (tertiary/aromatic N) is 1. The Labute approximate surface area is 166 Å². The van der Waals surface area contributed by atoms with Crippen molar-refractivity contribution in [2.24, 2.45) is 23.2 Å². The Morgan fingerprint density at radius 2 is 1.64 bits per heavy atom. The first-order chi connectivity index (χ1) is 13.4. The van der Waals surface area contributed by atoms with Crippen LogP contribution in [0.4, 0.5) is 0 Å². The third-order valence-corrected chi connectivity index (χ3v) is 7.06. The number of amides is 2. The molecule has 4 saturated carbocycles. The summed E-state index contributed by atoms with van der Waals surface area (Å²) in [6, 6.07) is 9.09. The van der Waals surface area contributed by atoms with Gasteiger partial charge >= 0.3 is 0 Å². The molecule has 5 rings (SSSR count). The van der Waals surface area contributed by atoms with E-state index in [0.717, 1.165) is 23.3 Å². The molecular formula is C23H29N3O2. The van der Waals surface area contributed by atoms with Gasteiger partial charge in [-0.05, 0) is 86.3 Å². The Morgan fingerprint density at radius 3 is 2.18 bits per heavy atom. The molecule has 4 aliphatic rings. The van der Waals surface area contributed by atoms with Crippen molar-refractivity contribution >= 4 is 11.8 Å². The minimum Gasteiger partial charge on any atom is -0.348 e. The Kier molecular flexibility index (Phi) is 5.14. The van der Waals surface area contributed by atoms with Gasteiger partial charge in [0.25, 0.3) is 0 Å². The van der Waals surface area contributed by atoms with Gasteiger partial charge in [-0.2, -0.15) is 5.26 Å². The lowest BCUT2D eigenvalue weighted by molar-refractivity contribution is -0.132. The third-order valence-electron chi connectivity index (χ3n) is 7.06. The van der Waals surface area contributed by atoms with E-state index in [1.54, 1.807) is 12.1 Å². The van der Waals surface area contributed by atoms with E-state index in [0.29, 0.717) is 12.0 Å². The molecule has 1 unspecified atom stereocenters. The molecule has 0 aliphatic heterocycles. The summed E-state index contributed by atoms with van der Waals surface area (Å²) in [5.41, 5.74) is 1.73. The molecule has 5 heteroatoms. The molecule has 2 N–H and O–H groups in total. The molecule has 0 heterocycles. The number of hydrogen-bond donors (Lipinski definition) is 2. The van der Waals surface area contributed by atoms with Gasteiger partial charge < -0.3 is 10.6 Å². The number of nitriles is 1. The number of carbonyl (C=O) groups excluding carboxylic acids is 2. The van der Waals surface area contributed by atoms with Crippen molar-refractivity contribution in [3.63, 3.8) is 0 Å². The largest absolute Gasteiger partial charge is 0.348 e. The van der Waals surface area contributed by atoms with Crippen LogP contribution < -0.4 is 10.6 Å². The lowest BCUT2D eigenvalue weighted by atomic mass is 9.49. The second-order valence-corrected chi connectivity index (χ2v) is 9.39. The summed E-state index contributed by atoms with van der Waals surface area (Å²) >= 11 is 0. The van der Waals surface area contributed by atoms with E-state index in [2.05, 4.69) is 16.7 Å². The smallest absolute Gasteiger partial charge is 0.239 e. The first-order valence-electron chi connectivity index (χ1n) is 10.5. The predicted molar refractivity (Wildman–Crippen MR) is 106 cm³/mol. The summed E-state index contributed by atoms with van der Waals surface area (Å²) in [4.78, 5) is 24.8. The molecule has 1 aromatic carbocycles. The molecule has 0 spiro atoms. The first kappa shape index (κ1) is 19.0. The van der Waals surface area contributed by atoms with Crippen molar-refractivity contribution in [3.05, 3.63) is 35.4 Å². The summed E-state index contributed by atoms with van der Waals surface area (Å²) in [5.74, 6) is 2.32. The van der Waals surface area contributed by atoms with E-state index in [4.69, 9.17) is 5.26 Å². The lowest BCUT2D eigenvalue weighted by Crippen LogP contribution is -2.48. The molecule has 1 atom stereocenters. The SMILES string of the molecule is CC(NC(=O)CNC(=O)CC12CC3CC(CC(C3)C1)C2)c1ccc(C#N)cc1. The van der Waals surface area contributed by atoms with E-state index >= 15 is 0 Å². The fraction of sp³-hybridized carbons (Fsp3) is 0.609. The highest BCUT2D eigenvalue weighted by molar-refractivity contribution is 5.85. The van der Waals surface area contributed by atoms with Crippen LogP contribution in [0.3, 0.4) is 0 Å². The van der Waals surface area contributed by atoms with Crippen LogP contribution in [0.25, 0.3) is 0 Å². The highest BCUT2D eigenvalue weighted by Gasteiger charge is 2.51. The van der Waals surface area contributed by atoms with Gasteiger partial charge in [0.15, 0.2) is 0 Å². The number of benzene rings is 1. The van der Waals surface area contributed by atoms with E-state index < -0.39 is 0 Å². The monoisotopic (exact) mass is 379 g/mol. The number of nitrogens with one attached hydrogen (secondary N) is 2. The Hall–Kier alpha value is -2.35. The second-order valence-electron chi connectivity index (χ2n) is 9.39. The molecule has 4 aliphatic carbocycles. The fourth-order valence-electron chi connectivity index (χ4n) is 6.31. The predicted octanol–water partition coefficient (Wildman–Crippen LogP) is 3.46. The van der Waals surface area contributed by atoms with E-state index in [-0.39, 0.29) is 29.8 Å². The summed E-state index contributed by atoms with van der Waals surface area (Å²) in [6.07, 6.45) is 8.30. The summed E-state index contributed by atoms with van der Waals surface area (Å²) in [7, 11) is 0. The highest BCUT2D eigenvalue weighted by atomic mass is 16.2. The average Bonchev–Trinajstić information content (AvgIpc) is 2.65. The first-order valence-corrected chi connectivity index (χ1v) is 10.5. The molecule has 0 radical (unpaired) electrons. The van der Waals surface area contributed by atoms with Crippen molar-refractivity contribution in [2.75, 3.05) is 6.54 Å². The van der Waals surface area contributed by atoms with Gasteiger partial charge in [0.1, 0.15) is 0 Å². The maximum atomic E-state index is 12.5. The molecule has 0 aromatic heterocycles. The summed E-state index contributed by atoms with van der Waals surface area (Å²) in [6.45, 7) is 1.92. The van der Waals surface area contributed by atoms with E-state index in [9.17, 15) is 9.59 Å². The van der Waals surface area contributed by atoms with Gasteiger partial charge in [-0.15, -0.1) is 0 Å². The van der Waals surface area contributed by atoms with Gasteiger partial charge in [0, 0.05) is 6.42 Å². The molecule has 28 heavy (non-hydrogen) atoms. The Bertz CT molecular complexity index is 758. The maximum absolute atomic E-state index is 12.5. The van der Waals surface area contributed by atoms with Crippen molar-refractivity contribution < 1.29 is 9.59 Å². The average molecular weight is 380 g/mol. The van der Waals surface area contributed by atoms with Gasteiger partial charge in [-0.25, -0.2) is 0 Å².